The molecule has 0 fully saturated rings. The first-order valence-corrected chi connectivity index (χ1v) is 6.48. The van der Waals surface area contributed by atoms with Crippen molar-refractivity contribution in [1.82, 2.24) is 0 Å². The third-order valence-electron chi connectivity index (χ3n) is 1.59. The van der Waals surface area contributed by atoms with Gasteiger partial charge in [-0.3, -0.25) is 0 Å². The highest BCUT2D eigenvalue weighted by atomic mass is 79.9. The van der Waals surface area contributed by atoms with Crippen LogP contribution < -0.4 is 4.74 Å². The molecule has 0 bridgehead atoms. The fourth-order valence-corrected chi connectivity index (χ4v) is 3.39. The van der Waals surface area contributed by atoms with Crippen LogP contribution in [0.1, 0.15) is 0 Å². The van der Waals surface area contributed by atoms with Gasteiger partial charge in [0.1, 0.15) is 18.5 Å². The Morgan fingerprint density at radius 3 is 2.20 bits per heavy atom. The average molecular weight is 405 g/mol. The lowest BCUT2D eigenvalue weighted by atomic mass is 10.3. The van der Waals surface area contributed by atoms with Crippen LogP contribution in [-0.4, -0.2) is 29.5 Å². The molecule has 1 rings (SSSR count). The number of rotatable bonds is 4. The molecular formula is C9H9Br3O3. The van der Waals surface area contributed by atoms with Crippen LogP contribution in [0.25, 0.3) is 0 Å². The van der Waals surface area contributed by atoms with Gasteiger partial charge in [-0.2, -0.15) is 0 Å². The number of benzene rings is 1. The van der Waals surface area contributed by atoms with Crippen molar-refractivity contribution in [1.29, 1.82) is 0 Å². The quantitative estimate of drug-likeness (QED) is 0.811. The van der Waals surface area contributed by atoms with Crippen molar-refractivity contribution >= 4 is 47.8 Å². The van der Waals surface area contributed by atoms with Gasteiger partial charge in [-0.25, -0.2) is 0 Å². The summed E-state index contributed by atoms with van der Waals surface area (Å²) in [6.07, 6.45) is -0.868. The summed E-state index contributed by atoms with van der Waals surface area (Å²) in [4.78, 5) is 0. The van der Waals surface area contributed by atoms with Crippen LogP contribution >= 0.6 is 47.8 Å². The second-order valence-electron chi connectivity index (χ2n) is 2.85. The van der Waals surface area contributed by atoms with Crippen LogP contribution in [0.4, 0.5) is 0 Å². The summed E-state index contributed by atoms with van der Waals surface area (Å²) in [5.41, 5.74) is 0. The summed E-state index contributed by atoms with van der Waals surface area (Å²) in [6.45, 7) is -0.263. The van der Waals surface area contributed by atoms with Crippen molar-refractivity contribution in [2.45, 2.75) is 6.10 Å². The lowest BCUT2D eigenvalue weighted by Gasteiger charge is -2.13. The van der Waals surface area contributed by atoms with Gasteiger partial charge in [-0.1, -0.05) is 15.9 Å². The van der Waals surface area contributed by atoms with E-state index in [0.717, 1.165) is 13.4 Å². The highest BCUT2D eigenvalue weighted by Crippen LogP contribution is 2.36. The van der Waals surface area contributed by atoms with E-state index in [2.05, 4.69) is 47.8 Å². The molecule has 0 aliphatic heterocycles. The van der Waals surface area contributed by atoms with Crippen LogP contribution in [0.15, 0.2) is 25.6 Å². The monoisotopic (exact) mass is 402 g/mol. The van der Waals surface area contributed by atoms with Crippen molar-refractivity contribution in [3.63, 3.8) is 0 Å². The molecule has 0 radical (unpaired) electrons. The van der Waals surface area contributed by atoms with Gasteiger partial charge in [0.05, 0.1) is 15.6 Å². The normalized spacial score (nSPS) is 12.6. The molecule has 0 saturated carbocycles. The van der Waals surface area contributed by atoms with Gasteiger partial charge in [0.15, 0.2) is 0 Å². The summed E-state index contributed by atoms with van der Waals surface area (Å²) in [6, 6.07) is 3.68. The Morgan fingerprint density at radius 2 is 1.73 bits per heavy atom. The van der Waals surface area contributed by atoms with E-state index < -0.39 is 6.10 Å². The zero-order valence-electron chi connectivity index (χ0n) is 7.58. The molecule has 2 N–H and O–H groups in total. The highest BCUT2D eigenvalue weighted by Gasteiger charge is 2.10. The molecule has 0 aromatic heterocycles. The van der Waals surface area contributed by atoms with Crippen molar-refractivity contribution in [3.05, 3.63) is 25.6 Å². The maximum Gasteiger partial charge on any atom is 0.147 e. The van der Waals surface area contributed by atoms with Crippen LogP contribution in [0.3, 0.4) is 0 Å². The van der Waals surface area contributed by atoms with E-state index >= 15 is 0 Å². The summed E-state index contributed by atoms with van der Waals surface area (Å²) < 4.78 is 7.81. The molecule has 0 aliphatic rings. The molecule has 15 heavy (non-hydrogen) atoms. The van der Waals surface area contributed by atoms with E-state index in [-0.39, 0.29) is 13.2 Å². The lowest BCUT2D eigenvalue weighted by molar-refractivity contribution is 0.0531. The Balaban J connectivity index is 2.77. The zero-order chi connectivity index (χ0) is 11.4. The van der Waals surface area contributed by atoms with Gasteiger partial charge in [-0.05, 0) is 44.0 Å². The Bertz CT molecular complexity index is 320. The first-order valence-electron chi connectivity index (χ1n) is 4.11. The fourth-order valence-electron chi connectivity index (χ4n) is 0.899. The summed E-state index contributed by atoms with van der Waals surface area (Å²) in [5.74, 6) is 0.603. The molecule has 3 nitrogen and oxygen atoms in total. The Labute approximate surface area is 113 Å². The van der Waals surface area contributed by atoms with Gasteiger partial charge >= 0.3 is 0 Å². The van der Waals surface area contributed by atoms with Crippen molar-refractivity contribution in [3.8, 4) is 5.75 Å². The fraction of sp³-hybridized carbons (Fsp3) is 0.333. The predicted octanol–water partition coefficient (Wildman–Crippen LogP) is 2.71. The van der Waals surface area contributed by atoms with Crippen molar-refractivity contribution in [2.24, 2.45) is 0 Å². The van der Waals surface area contributed by atoms with E-state index in [4.69, 9.17) is 14.9 Å². The standard InChI is InChI=1S/C9H9Br3O3/c10-5-1-7(11)9(8(12)2-5)15-4-6(14)3-13/h1-2,6,13-14H,3-4H2/t6-/m1/s1. The number of ether oxygens (including phenoxy) is 1. The maximum atomic E-state index is 9.14. The number of hydrogen-bond donors (Lipinski definition) is 2. The number of aliphatic hydroxyl groups excluding tert-OH is 2. The van der Waals surface area contributed by atoms with E-state index in [0.29, 0.717) is 5.75 Å². The maximum absolute atomic E-state index is 9.14. The minimum absolute atomic E-state index is 0.0509. The largest absolute Gasteiger partial charge is 0.488 e. The third-order valence-corrected chi connectivity index (χ3v) is 3.23. The molecular weight excluding hydrogens is 396 g/mol. The smallest absolute Gasteiger partial charge is 0.147 e. The molecule has 0 spiro atoms. The summed E-state index contributed by atoms with van der Waals surface area (Å²) in [5, 5.41) is 17.8. The molecule has 6 heteroatoms. The minimum atomic E-state index is -0.868. The van der Waals surface area contributed by atoms with Crippen LogP contribution in [0.2, 0.25) is 0 Å². The van der Waals surface area contributed by atoms with Crippen LogP contribution in [-0.2, 0) is 0 Å². The van der Waals surface area contributed by atoms with Gasteiger partial charge < -0.3 is 14.9 Å². The second kappa shape index (κ2) is 6.20. The van der Waals surface area contributed by atoms with E-state index in [1.54, 1.807) is 0 Å². The molecule has 1 atom stereocenters. The van der Waals surface area contributed by atoms with E-state index in [9.17, 15) is 0 Å². The molecule has 1 aromatic carbocycles. The van der Waals surface area contributed by atoms with Gasteiger partial charge in [0.25, 0.3) is 0 Å². The Morgan fingerprint density at radius 1 is 1.20 bits per heavy atom. The van der Waals surface area contributed by atoms with Crippen LogP contribution in [0.5, 0.6) is 5.75 Å². The zero-order valence-corrected chi connectivity index (χ0v) is 12.3. The first kappa shape index (κ1) is 13.4. The lowest BCUT2D eigenvalue weighted by Crippen LogP contribution is -2.21. The molecule has 1 aromatic rings. The summed E-state index contributed by atoms with van der Waals surface area (Å²) in [7, 11) is 0. The SMILES string of the molecule is OC[C@@H](O)COc1c(Br)cc(Br)cc1Br. The molecule has 0 amide bonds. The highest BCUT2D eigenvalue weighted by molar-refractivity contribution is 9.11. The Hall–Kier alpha value is 0.380. The molecule has 0 heterocycles. The first-order chi connectivity index (χ1) is 7.04. The topological polar surface area (TPSA) is 49.7 Å². The minimum Gasteiger partial charge on any atom is -0.488 e. The molecule has 84 valence electrons. The van der Waals surface area contributed by atoms with Gasteiger partial charge in [-0.15, -0.1) is 0 Å². The van der Waals surface area contributed by atoms with E-state index in [1.165, 1.54) is 0 Å². The second-order valence-corrected chi connectivity index (χ2v) is 5.47. The third kappa shape index (κ3) is 4.03. The predicted molar refractivity (Wildman–Crippen MR) is 68.1 cm³/mol. The number of hydrogen-bond acceptors (Lipinski definition) is 3. The molecule has 0 saturated heterocycles. The average Bonchev–Trinajstić information content (AvgIpc) is 2.15. The Kier molecular flexibility index (Phi) is 5.56. The van der Waals surface area contributed by atoms with E-state index in [1.807, 2.05) is 12.1 Å². The van der Waals surface area contributed by atoms with Crippen LogP contribution in [0, 0.1) is 0 Å². The number of aliphatic hydroxyl groups is 2. The molecule has 0 aliphatic carbocycles. The van der Waals surface area contributed by atoms with Gasteiger partial charge in [0, 0.05) is 4.47 Å². The number of halogens is 3. The van der Waals surface area contributed by atoms with Crippen molar-refractivity contribution in [2.75, 3.05) is 13.2 Å². The summed E-state index contributed by atoms with van der Waals surface area (Å²) >= 11 is 10.0. The van der Waals surface area contributed by atoms with Gasteiger partial charge in [0.2, 0.25) is 0 Å². The van der Waals surface area contributed by atoms with Crippen molar-refractivity contribution < 1.29 is 14.9 Å². The molecule has 0 unspecified atom stereocenters.